The van der Waals surface area contributed by atoms with Crippen molar-refractivity contribution in [3.63, 3.8) is 0 Å². The number of carboxylic acids is 1. The molecule has 0 unspecified atom stereocenters. The number of hydrogen-bond donors (Lipinski definition) is 1. The van der Waals surface area contributed by atoms with E-state index >= 15 is 0 Å². The first-order valence-electron chi connectivity index (χ1n) is 6.71. The molecule has 0 radical (unpaired) electrons. The summed E-state index contributed by atoms with van der Waals surface area (Å²) in [4.78, 5) is 13.0. The average Bonchev–Trinajstić information content (AvgIpc) is 2.24. The molecule has 0 saturated heterocycles. The van der Waals surface area contributed by atoms with Crippen LogP contribution in [-0.4, -0.2) is 23.7 Å². The van der Waals surface area contributed by atoms with Crippen molar-refractivity contribution in [2.75, 3.05) is 11.4 Å². The fourth-order valence-electron chi connectivity index (χ4n) is 2.66. The lowest BCUT2D eigenvalue weighted by molar-refractivity contribution is -0.135. The van der Waals surface area contributed by atoms with E-state index < -0.39 is 5.97 Å². The van der Waals surface area contributed by atoms with E-state index in [2.05, 4.69) is 13.8 Å². The Labute approximate surface area is 119 Å². The zero-order valence-corrected chi connectivity index (χ0v) is 12.1. The topological polar surface area (TPSA) is 40.5 Å². The van der Waals surface area contributed by atoms with E-state index in [4.69, 9.17) is 16.7 Å². The van der Waals surface area contributed by atoms with E-state index in [0.29, 0.717) is 22.9 Å². The van der Waals surface area contributed by atoms with E-state index in [-0.39, 0.29) is 6.54 Å². The molecule has 2 rings (SSSR count). The summed E-state index contributed by atoms with van der Waals surface area (Å²) in [7, 11) is 0. The molecule has 0 atom stereocenters. The van der Waals surface area contributed by atoms with Crippen molar-refractivity contribution >= 4 is 23.3 Å². The van der Waals surface area contributed by atoms with Crippen molar-refractivity contribution in [1.82, 2.24) is 0 Å². The van der Waals surface area contributed by atoms with Crippen molar-refractivity contribution in [2.45, 2.75) is 32.7 Å². The lowest BCUT2D eigenvalue weighted by Crippen LogP contribution is -2.48. The molecule has 1 fully saturated rings. The van der Waals surface area contributed by atoms with Gasteiger partial charge < -0.3 is 10.0 Å². The maximum Gasteiger partial charge on any atom is 0.323 e. The lowest BCUT2D eigenvalue weighted by Gasteiger charge is -2.45. The number of carboxylic acid groups (broad SMARTS) is 1. The van der Waals surface area contributed by atoms with Crippen LogP contribution in [0.15, 0.2) is 24.3 Å². The summed E-state index contributed by atoms with van der Waals surface area (Å²) in [6.45, 7) is 4.49. The highest BCUT2D eigenvalue weighted by Gasteiger charge is 2.36. The van der Waals surface area contributed by atoms with Gasteiger partial charge in [0.1, 0.15) is 6.54 Å². The van der Waals surface area contributed by atoms with Gasteiger partial charge in [-0.25, -0.2) is 0 Å². The van der Waals surface area contributed by atoms with Gasteiger partial charge in [0, 0.05) is 16.8 Å². The van der Waals surface area contributed by atoms with Gasteiger partial charge in [0.05, 0.1) is 0 Å². The molecular formula is C15H20ClNO2. The Morgan fingerprint density at radius 3 is 2.68 bits per heavy atom. The highest BCUT2D eigenvalue weighted by molar-refractivity contribution is 6.30. The number of anilines is 1. The quantitative estimate of drug-likeness (QED) is 0.895. The van der Waals surface area contributed by atoms with Crippen LogP contribution >= 0.6 is 11.6 Å². The Morgan fingerprint density at radius 1 is 1.47 bits per heavy atom. The first-order chi connectivity index (χ1) is 8.97. The molecule has 1 saturated carbocycles. The van der Waals surface area contributed by atoms with Crippen LogP contribution in [0.1, 0.15) is 26.7 Å². The first-order valence-corrected chi connectivity index (χ1v) is 7.09. The van der Waals surface area contributed by atoms with Crippen LogP contribution in [-0.2, 0) is 4.79 Å². The van der Waals surface area contributed by atoms with Crippen molar-refractivity contribution in [2.24, 2.45) is 11.8 Å². The highest BCUT2D eigenvalue weighted by atomic mass is 35.5. The van der Waals surface area contributed by atoms with Crippen LogP contribution in [0.5, 0.6) is 0 Å². The van der Waals surface area contributed by atoms with Gasteiger partial charge in [-0.3, -0.25) is 4.79 Å². The second-order valence-electron chi connectivity index (χ2n) is 5.63. The van der Waals surface area contributed by atoms with E-state index in [0.717, 1.165) is 18.5 Å². The molecule has 1 N–H and O–H groups in total. The second kappa shape index (κ2) is 5.83. The van der Waals surface area contributed by atoms with Crippen molar-refractivity contribution in [3.8, 4) is 0 Å². The fraction of sp³-hybridized carbons (Fsp3) is 0.533. The molecule has 0 spiro atoms. The van der Waals surface area contributed by atoms with Gasteiger partial charge in [-0.1, -0.05) is 31.5 Å². The molecule has 1 aromatic rings. The van der Waals surface area contributed by atoms with Crippen LogP contribution in [0, 0.1) is 11.8 Å². The third kappa shape index (κ3) is 3.41. The van der Waals surface area contributed by atoms with E-state index in [1.807, 2.05) is 29.2 Å². The molecule has 3 nitrogen and oxygen atoms in total. The normalized spacial score (nSPS) is 22.1. The highest BCUT2D eigenvalue weighted by Crippen LogP contribution is 2.39. The summed E-state index contributed by atoms with van der Waals surface area (Å²) >= 11 is 6.00. The summed E-state index contributed by atoms with van der Waals surface area (Å²) in [5, 5.41) is 9.73. The molecule has 0 bridgehead atoms. The first kappa shape index (κ1) is 14.2. The number of carbonyl (C=O) groups is 1. The average molecular weight is 282 g/mol. The minimum atomic E-state index is -0.798. The second-order valence-corrected chi connectivity index (χ2v) is 6.07. The monoisotopic (exact) mass is 281 g/mol. The molecule has 4 heteroatoms. The molecule has 0 heterocycles. The standard InChI is InChI=1S/C15H20ClNO2/c1-10(2)11-6-14(7-11)17(9-15(18)19)13-5-3-4-12(16)8-13/h3-5,8,10-11,14H,6-7,9H2,1-2H3,(H,18,19). The van der Waals surface area contributed by atoms with E-state index in [1.54, 1.807) is 0 Å². The fourth-order valence-corrected chi connectivity index (χ4v) is 2.84. The van der Waals surface area contributed by atoms with Gasteiger partial charge >= 0.3 is 5.97 Å². The van der Waals surface area contributed by atoms with Crippen molar-refractivity contribution in [3.05, 3.63) is 29.3 Å². The molecule has 0 aromatic heterocycles. The molecule has 1 aliphatic rings. The molecule has 1 aliphatic carbocycles. The Kier molecular flexibility index (Phi) is 4.35. The Balaban J connectivity index is 2.11. The minimum Gasteiger partial charge on any atom is -0.480 e. The Bertz CT molecular complexity index is 455. The number of halogens is 1. The largest absolute Gasteiger partial charge is 0.480 e. The number of hydrogen-bond acceptors (Lipinski definition) is 2. The number of rotatable bonds is 5. The third-order valence-electron chi connectivity index (χ3n) is 3.98. The summed E-state index contributed by atoms with van der Waals surface area (Å²) in [6.07, 6.45) is 2.13. The van der Waals surface area contributed by atoms with Crippen LogP contribution in [0.25, 0.3) is 0 Å². The predicted molar refractivity (Wildman–Crippen MR) is 77.8 cm³/mol. The molecular weight excluding hydrogens is 262 g/mol. The zero-order valence-electron chi connectivity index (χ0n) is 11.3. The van der Waals surface area contributed by atoms with Crippen LogP contribution < -0.4 is 4.90 Å². The van der Waals surface area contributed by atoms with E-state index in [1.165, 1.54) is 0 Å². The van der Waals surface area contributed by atoms with Gasteiger partial charge in [-0.15, -0.1) is 0 Å². The van der Waals surface area contributed by atoms with Gasteiger partial charge in [0.25, 0.3) is 0 Å². The summed E-state index contributed by atoms with van der Waals surface area (Å²) in [5.41, 5.74) is 0.905. The smallest absolute Gasteiger partial charge is 0.323 e. The zero-order chi connectivity index (χ0) is 14.0. The number of benzene rings is 1. The SMILES string of the molecule is CC(C)C1CC(N(CC(=O)O)c2cccc(Cl)c2)C1. The van der Waals surface area contributed by atoms with Gasteiger partial charge in [0.2, 0.25) is 0 Å². The molecule has 104 valence electrons. The van der Waals surface area contributed by atoms with Crippen LogP contribution in [0.3, 0.4) is 0 Å². The molecule has 0 amide bonds. The maximum absolute atomic E-state index is 11.1. The maximum atomic E-state index is 11.1. The summed E-state index contributed by atoms with van der Waals surface area (Å²) in [6, 6.07) is 7.76. The van der Waals surface area contributed by atoms with Gasteiger partial charge in [-0.2, -0.15) is 0 Å². The molecule has 1 aromatic carbocycles. The number of nitrogens with zero attached hydrogens (tertiary/aromatic N) is 1. The minimum absolute atomic E-state index is 0.0375. The lowest BCUT2D eigenvalue weighted by atomic mass is 9.73. The summed E-state index contributed by atoms with van der Waals surface area (Å²) in [5.74, 6) is 0.579. The Morgan fingerprint density at radius 2 is 2.16 bits per heavy atom. The number of aliphatic carboxylic acids is 1. The van der Waals surface area contributed by atoms with Gasteiger partial charge in [0.15, 0.2) is 0 Å². The third-order valence-corrected chi connectivity index (χ3v) is 4.21. The molecule has 0 aliphatic heterocycles. The predicted octanol–water partition coefficient (Wildman–Crippen LogP) is 3.67. The van der Waals surface area contributed by atoms with E-state index in [9.17, 15) is 4.79 Å². The van der Waals surface area contributed by atoms with Gasteiger partial charge in [-0.05, 0) is 42.9 Å². The Hall–Kier alpha value is -1.22. The van der Waals surface area contributed by atoms with Crippen LogP contribution in [0.2, 0.25) is 5.02 Å². The van der Waals surface area contributed by atoms with Crippen molar-refractivity contribution < 1.29 is 9.90 Å². The van der Waals surface area contributed by atoms with Crippen LogP contribution in [0.4, 0.5) is 5.69 Å². The summed E-state index contributed by atoms with van der Waals surface area (Å²) < 4.78 is 0. The molecule has 19 heavy (non-hydrogen) atoms. The van der Waals surface area contributed by atoms with Crippen molar-refractivity contribution in [1.29, 1.82) is 0 Å².